The van der Waals surface area contributed by atoms with Gasteiger partial charge in [-0.1, -0.05) is 89.1 Å². The number of fused-ring (bicyclic) bond motifs is 1. The van der Waals surface area contributed by atoms with Gasteiger partial charge in [-0.2, -0.15) is 0 Å². The number of ether oxygens (including phenoxy) is 1. The molecule has 0 spiro atoms. The number of hydrogen-bond donors (Lipinski definition) is 1. The van der Waals surface area contributed by atoms with Crippen LogP contribution in [-0.2, 0) is 25.5 Å². The van der Waals surface area contributed by atoms with E-state index in [0.717, 1.165) is 35.8 Å². The lowest BCUT2D eigenvalue weighted by atomic mass is 9.95. The fraction of sp³-hybridized carbons (Fsp3) is 0.583. The summed E-state index contributed by atoms with van der Waals surface area (Å²) >= 11 is 26.0. The number of hydrogen-bond acceptors (Lipinski definition) is 7. The molecule has 3 fully saturated rings. The molecule has 7 nitrogen and oxygen atoms in total. The van der Waals surface area contributed by atoms with Crippen LogP contribution < -0.4 is 5.32 Å². The monoisotopic (exact) mass is 623 g/mol. The second-order valence-electron chi connectivity index (χ2n) is 9.50. The van der Waals surface area contributed by atoms with Gasteiger partial charge in [0, 0.05) is 18.8 Å². The lowest BCUT2D eigenvalue weighted by Gasteiger charge is -2.44. The molecule has 0 radical (unpaired) electrons. The highest BCUT2D eigenvalue weighted by Gasteiger charge is 2.66. The highest BCUT2D eigenvalue weighted by Crippen LogP contribution is 2.53. The molecule has 1 aromatic carbocycles. The zero-order valence-electron chi connectivity index (χ0n) is 20.2. The van der Waals surface area contributed by atoms with E-state index in [4.69, 9.17) is 51.8 Å². The first-order chi connectivity index (χ1) is 17.5. The number of amides is 2. The Morgan fingerprint density at radius 1 is 1.22 bits per heavy atom. The number of esters is 1. The maximum Gasteiger partial charge on any atom is 0.330 e. The minimum Gasteiger partial charge on any atom is -0.460 e. The average molecular weight is 625 g/mol. The van der Waals surface area contributed by atoms with Gasteiger partial charge in [0.2, 0.25) is 15.6 Å². The Kier molecular flexibility index (Phi) is 9.50. The van der Waals surface area contributed by atoms with Crippen LogP contribution in [0.5, 0.6) is 0 Å². The molecule has 3 aliphatic heterocycles. The smallest absolute Gasteiger partial charge is 0.330 e. The number of carbonyl (C=O) groups excluding carboxylic acids is 3. The summed E-state index contributed by atoms with van der Waals surface area (Å²) in [5, 5.41) is 2.44. The Morgan fingerprint density at radius 2 is 1.89 bits per heavy atom. The fourth-order valence-corrected chi connectivity index (χ4v) is 8.19. The van der Waals surface area contributed by atoms with Gasteiger partial charge in [-0.15, -0.1) is 11.8 Å². The van der Waals surface area contributed by atoms with Gasteiger partial charge in [-0.3, -0.25) is 9.59 Å². The van der Waals surface area contributed by atoms with Crippen molar-refractivity contribution in [2.75, 3.05) is 25.4 Å². The van der Waals surface area contributed by atoms with Gasteiger partial charge in [0.1, 0.15) is 28.4 Å². The summed E-state index contributed by atoms with van der Waals surface area (Å²) in [5.74, 6) is -0.752. The number of likely N-dealkylation sites (tertiary alicyclic amines) is 1. The third kappa shape index (κ3) is 7.00. The van der Waals surface area contributed by atoms with E-state index >= 15 is 0 Å². The number of thiocarbonyl (C=S) groups is 1. The van der Waals surface area contributed by atoms with Gasteiger partial charge >= 0.3 is 5.97 Å². The number of nitrogens with one attached hydrogen (secondary N) is 1. The van der Waals surface area contributed by atoms with E-state index in [1.807, 2.05) is 37.3 Å². The highest BCUT2D eigenvalue weighted by molar-refractivity contribution is 8.23. The van der Waals surface area contributed by atoms with E-state index in [-0.39, 0.29) is 18.2 Å². The van der Waals surface area contributed by atoms with Gasteiger partial charge in [0.15, 0.2) is 0 Å². The molecule has 0 aliphatic carbocycles. The van der Waals surface area contributed by atoms with Crippen LogP contribution in [0.4, 0.5) is 0 Å². The van der Waals surface area contributed by atoms with Crippen molar-refractivity contribution >= 4 is 92.6 Å². The first-order valence-electron chi connectivity index (χ1n) is 12.0. The summed E-state index contributed by atoms with van der Waals surface area (Å²) in [6.07, 6.45) is 3.57. The second-order valence-corrected chi connectivity index (χ2v) is 15.3. The molecule has 3 heterocycles. The molecule has 1 aromatic rings. The largest absolute Gasteiger partial charge is 0.460 e. The number of carbonyl (C=O) groups is 3. The standard InChI is InChI=1S/C24H28Cl3N3O4S3/c1-23(14-36-22(35)29-10-6-3-7-11-29)18(21(33)34-13-24(25,26)27)30-19(32)17(20(30)37-23)28-16(31)12-15-8-4-2-5-9-15/h2,4-5,8-9,17-18,20H,3,6-7,10-14H2,1H3,(H,28,31)/t17?,18?,20-,23?/m1/s1. The third-order valence-corrected chi connectivity index (χ3v) is 10.6. The van der Waals surface area contributed by atoms with Crippen molar-refractivity contribution in [1.29, 1.82) is 0 Å². The minimum atomic E-state index is -1.77. The van der Waals surface area contributed by atoms with E-state index in [1.54, 1.807) is 0 Å². The van der Waals surface area contributed by atoms with Crippen LogP contribution >= 0.6 is 70.5 Å². The van der Waals surface area contributed by atoms with Crippen LogP contribution in [-0.4, -0.2) is 83.4 Å². The molecule has 1 N–H and O–H groups in total. The van der Waals surface area contributed by atoms with Crippen molar-refractivity contribution in [2.24, 2.45) is 0 Å². The van der Waals surface area contributed by atoms with Crippen LogP contribution in [0.1, 0.15) is 31.7 Å². The maximum atomic E-state index is 13.2. The third-order valence-electron chi connectivity index (χ3n) is 6.55. The van der Waals surface area contributed by atoms with E-state index in [1.165, 1.54) is 34.8 Å². The van der Waals surface area contributed by atoms with Gasteiger partial charge in [-0.05, 0) is 31.7 Å². The number of piperidine rings is 1. The molecule has 3 unspecified atom stereocenters. The molecule has 2 amide bonds. The van der Waals surface area contributed by atoms with Crippen LogP contribution in [0.2, 0.25) is 0 Å². The lowest BCUT2D eigenvalue weighted by molar-refractivity contribution is -0.164. The lowest BCUT2D eigenvalue weighted by Crippen LogP contribution is -2.71. The van der Waals surface area contributed by atoms with Crippen LogP contribution in [0.3, 0.4) is 0 Å². The van der Waals surface area contributed by atoms with Crippen molar-refractivity contribution in [3.8, 4) is 0 Å². The number of halogens is 3. The van der Waals surface area contributed by atoms with Gasteiger partial charge < -0.3 is 19.9 Å². The first-order valence-corrected chi connectivity index (χ1v) is 15.4. The van der Waals surface area contributed by atoms with Crippen molar-refractivity contribution in [3.63, 3.8) is 0 Å². The zero-order valence-corrected chi connectivity index (χ0v) is 24.9. The summed E-state index contributed by atoms with van der Waals surface area (Å²) in [4.78, 5) is 42.8. The fourth-order valence-electron chi connectivity index (χ4n) is 4.74. The molecule has 3 saturated heterocycles. The second kappa shape index (κ2) is 12.1. The molecule has 13 heteroatoms. The minimum absolute atomic E-state index is 0.161. The summed E-state index contributed by atoms with van der Waals surface area (Å²) in [7, 11) is 0. The highest BCUT2D eigenvalue weighted by atomic mass is 35.6. The van der Waals surface area contributed by atoms with Crippen molar-refractivity contribution in [2.45, 2.75) is 58.6 Å². The number of benzene rings is 1. The summed E-state index contributed by atoms with van der Waals surface area (Å²) in [5.41, 5.74) is 0.850. The van der Waals surface area contributed by atoms with E-state index in [0.29, 0.717) is 5.75 Å². The molecule has 202 valence electrons. The van der Waals surface area contributed by atoms with Crippen LogP contribution in [0.25, 0.3) is 0 Å². The molecule has 37 heavy (non-hydrogen) atoms. The van der Waals surface area contributed by atoms with Gasteiger partial charge in [0.25, 0.3) is 0 Å². The Hall–Kier alpha value is -0.910. The Morgan fingerprint density at radius 3 is 2.54 bits per heavy atom. The maximum absolute atomic E-state index is 13.2. The number of rotatable bonds is 7. The molecule has 0 aromatic heterocycles. The quantitative estimate of drug-likeness (QED) is 0.210. The topological polar surface area (TPSA) is 79.0 Å². The predicted octanol–water partition coefficient (Wildman–Crippen LogP) is 4.17. The van der Waals surface area contributed by atoms with E-state index < -0.39 is 38.6 Å². The SMILES string of the molecule is CC1(CSC(=S)N2CCCCC2)S[C@@H]2C(NC(=O)Cc3ccccc3)C(=O)N2C1C(=O)OCC(Cl)(Cl)Cl. The summed E-state index contributed by atoms with van der Waals surface area (Å²) < 4.78 is 3.61. The molecular formula is C24H28Cl3N3O4S3. The first kappa shape index (κ1) is 29.1. The van der Waals surface area contributed by atoms with E-state index in [2.05, 4.69) is 10.2 Å². The number of nitrogens with zero attached hydrogens (tertiary/aromatic N) is 2. The zero-order chi connectivity index (χ0) is 26.8. The molecule has 3 aliphatic rings. The van der Waals surface area contributed by atoms with Crippen molar-refractivity contribution in [3.05, 3.63) is 35.9 Å². The molecule has 0 saturated carbocycles. The molecule has 4 atom stereocenters. The number of β-lactam (4-membered cyclic amide) rings is 1. The number of thioether (sulfide) groups is 2. The van der Waals surface area contributed by atoms with Crippen LogP contribution in [0.15, 0.2) is 30.3 Å². The Labute approximate surface area is 245 Å². The predicted molar refractivity (Wildman–Crippen MR) is 154 cm³/mol. The van der Waals surface area contributed by atoms with Gasteiger partial charge in [-0.25, -0.2) is 4.79 Å². The number of alkyl halides is 3. The molecule has 0 bridgehead atoms. The van der Waals surface area contributed by atoms with Crippen molar-refractivity contribution < 1.29 is 19.1 Å². The Balaban J connectivity index is 1.46. The normalized spacial score (nSPS) is 27.4. The van der Waals surface area contributed by atoms with Gasteiger partial charge in [0.05, 0.1) is 11.2 Å². The average Bonchev–Trinajstić information content (AvgIpc) is 3.15. The summed E-state index contributed by atoms with van der Waals surface area (Å²) in [6, 6.07) is 7.67. The molecule has 4 rings (SSSR count). The van der Waals surface area contributed by atoms with Crippen molar-refractivity contribution in [1.82, 2.24) is 15.1 Å². The van der Waals surface area contributed by atoms with E-state index in [9.17, 15) is 14.4 Å². The van der Waals surface area contributed by atoms with Crippen LogP contribution in [0, 0.1) is 0 Å². The summed E-state index contributed by atoms with van der Waals surface area (Å²) in [6.45, 7) is 3.33. The molecular weight excluding hydrogens is 597 g/mol. The Bertz CT molecular complexity index is 1040.